The predicted molar refractivity (Wildman–Crippen MR) is 90.1 cm³/mol. The summed E-state index contributed by atoms with van der Waals surface area (Å²) in [7, 11) is 0. The van der Waals surface area contributed by atoms with Gasteiger partial charge in [0.25, 0.3) is 0 Å². The number of aliphatic hydroxyl groups is 1. The molecule has 7 nitrogen and oxygen atoms in total. The average Bonchev–Trinajstić information content (AvgIpc) is 3.06. The molecule has 27 heavy (non-hydrogen) atoms. The number of rotatable bonds is 2. The molecule has 0 aliphatic carbocycles. The van der Waals surface area contributed by atoms with Crippen LogP contribution >= 0.6 is 0 Å². The van der Waals surface area contributed by atoms with Crippen LogP contribution in [0.3, 0.4) is 0 Å². The molecule has 0 fully saturated rings. The molecule has 1 aliphatic heterocycles. The van der Waals surface area contributed by atoms with Crippen molar-refractivity contribution >= 4 is 11.5 Å². The molecule has 142 valence electrons. The van der Waals surface area contributed by atoms with Gasteiger partial charge in [-0.1, -0.05) is 0 Å². The van der Waals surface area contributed by atoms with Crippen molar-refractivity contribution in [3.8, 4) is 0 Å². The van der Waals surface area contributed by atoms with Gasteiger partial charge in [-0.05, 0) is 37.1 Å². The summed E-state index contributed by atoms with van der Waals surface area (Å²) in [5.41, 5.74) is -0.324. The Balaban J connectivity index is 1.69. The molecule has 4 heterocycles. The molecular formula is C17H17F3N6O. The summed E-state index contributed by atoms with van der Waals surface area (Å²) in [5.74, 6) is 0.709. The van der Waals surface area contributed by atoms with Gasteiger partial charge in [-0.3, -0.25) is 4.98 Å². The zero-order chi connectivity index (χ0) is 19.4. The van der Waals surface area contributed by atoms with Crippen LogP contribution < -0.4 is 4.90 Å². The Morgan fingerprint density at radius 3 is 2.74 bits per heavy atom. The molecule has 0 amide bonds. The second kappa shape index (κ2) is 5.88. The molecule has 1 aliphatic rings. The molecule has 1 atom stereocenters. The van der Waals surface area contributed by atoms with Crippen LogP contribution in [0, 0.1) is 6.92 Å². The number of hydrogen-bond acceptors (Lipinski definition) is 6. The van der Waals surface area contributed by atoms with Crippen molar-refractivity contribution in [1.29, 1.82) is 0 Å². The predicted octanol–water partition coefficient (Wildman–Crippen LogP) is 2.16. The van der Waals surface area contributed by atoms with Crippen LogP contribution in [0.2, 0.25) is 0 Å². The van der Waals surface area contributed by atoms with Gasteiger partial charge in [-0.25, -0.2) is 0 Å². The van der Waals surface area contributed by atoms with Gasteiger partial charge in [0.2, 0.25) is 0 Å². The lowest BCUT2D eigenvalue weighted by molar-refractivity contribution is -0.259. The van der Waals surface area contributed by atoms with Crippen LogP contribution in [-0.4, -0.2) is 42.6 Å². The van der Waals surface area contributed by atoms with Gasteiger partial charge >= 0.3 is 6.18 Å². The molecular weight excluding hydrogens is 361 g/mol. The fourth-order valence-corrected chi connectivity index (χ4v) is 3.20. The first kappa shape index (κ1) is 17.7. The highest BCUT2D eigenvalue weighted by Gasteiger charge is 2.51. The third-order valence-corrected chi connectivity index (χ3v) is 4.91. The van der Waals surface area contributed by atoms with Crippen molar-refractivity contribution in [2.75, 3.05) is 11.4 Å². The molecule has 10 heteroatoms. The van der Waals surface area contributed by atoms with E-state index in [0.29, 0.717) is 36.5 Å². The summed E-state index contributed by atoms with van der Waals surface area (Å²) in [5, 5.41) is 22.2. The Morgan fingerprint density at radius 1 is 1.22 bits per heavy atom. The van der Waals surface area contributed by atoms with Crippen molar-refractivity contribution in [3.05, 3.63) is 47.0 Å². The van der Waals surface area contributed by atoms with E-state index in [1.54, 1.807) is 4.52 Å². The van der Waals surface area contributed by atoms with E-state index in [1.807, 2.05) is 17.9 Å². The maximum atomic E-state index is 13.2. The van der Waals surface area contributed by atoms with E-state index in [-0.39, 0.29) is 5.56 Å². The highest BCUT2D eigenvalue weighted by molar-refractivity contribution is 5.53. The van der Waals surface area contributed by atoms with E-state index >= 15 is 0 Å². The zero-order valence-electron chi connectivity index (χ0n) is 14.7. The van der Waals surface area contributed by atoms with Gasteiger partial charge < -0.3 is 10.0 Å². The largest absolute Gasteiger partial charge is 0.421 e. The molecule has 0 spiro atoms. The Kier molecular flexibility index (Phi) is 3.84. The summed E-state index contributed by atoms with van der Waals surface area (Å²) in [6.45, 7) is 3.63. The molecule has 0 aromatic carbocycles. The Labute approximate surface area is 152 Å². The van der Waals surface area contributed by atoms with Gasteiger partial charge in [0.05, 0.1) is 0 Å². The van der Waals surface area contributed by atoms with E-state index in [9.17, 15) is 18.3 Å². The minimum absolute atomic E-state index is 0.269. The number of fused-ring (bicyclic) bond motifs is 2. The Hall–Kier alpha value is -2.75. The van der Waals surface area contributed by atoms with Crippen LogP contribution in [0.25, 0.3) is 5.65 Å². The lowest BCUT2D eigenvalue weighted by Crippen LogP contribution is -2.40. The van der Waals surface area contributed by atoms with Crippen molar-refractivity contribution < 1.29 is 18.3 Å². The highest BCUT2D eigenvalue weighted by atomic mass is 19.4. The standard InChI is InChI=1S/C17H17F3N6O/c1-10-5-14-23-22-9-26(14)24-15(10)25-4-3-13-11(8-25)6-12(7-21-13)16(2,27)17(18,19)20/h5-7,9,27H,3-4,8H2,1-2H3. The minimum atomic E-state index is -4.78. The van der Waals surface area contributed by atoms with Crippen LogP contribution in [0.5, 0.6) is 0 Å². The van der Waals surface area contributed by atoms with Gasteiger partial charge in [-0.15, -0.1) is 15.3 Å². The van der Waals surface area contributed by atoms with Crippen LogP contribution in [0.4, 0.5) is 19.0 Å². The number of alkyl halides is 3. The first-order valence-electron chi connectivity index (χ1n) is 8.37. The number of anilines is 1. The van der Waals surface area contributed by atoms with Gasteiger partial charge in [0.15, 0.2) is 17.1 Å². The molecule has 1 N–H and O–H groups in total. The molecule has 3 aromatic heterocycles. The first-order chi connectivity index (χ1) is 12.7. The molecule has 4 rings (SSSR count). The maximum Gasteiger partial charge on any atom is 0.421 e. The summed E-state index contributed by atoms with van der Waals surface area (Å²) in [4.78, 5) is 6.14. The van der Waals surface area contributed by atoms with E-state index < -0.39 is 11.8 Å². The average molecular weight is 378 g/mol. The number of hydrogen-bond donors (Lipinski definition) is 1. The summed E-state index contributed by atoms with van der Waals surface area (Å²) < 4.78 is 41.0. The van der Waals surface area contributed by atoms with E-state index in [2.05, 4.69) is 20.3 Å². The topological polar surface area (TPSA) is 79.4 Å². The van der Waals surface area contributed by atoms with Gasteiger partial charge in [-0.2, -0.15) is 17.7 Å². The monoisotopic (exact) mass is 378 g/mol. The van der Waals surface area contributed by atoms with E-state index in [4.69, 9.17) is 0 Å². The van der Waals surface area contributed by atoms with Gasteiger partial charge in [0.1, 0.15) is 6.33 Å². The number of aryl methyl sites for hydroxylation is 1. The van der Waals surface area contributed by atoms with Crippen molar-refractivity contribution in [3.63, 3.8) is 0 Å². The smallest absolute Gasteiger partial charge is 0.376 e. The molecule has 3 aromatic rings. The summed E-state index contributed by atoms with van der Waals surface area (Å²) >= 11 is 0. The third kappa shape index (κ3) is 2.89. The maximum absolute atomic E-state index is 13.2. The first-order valence-corrected chi connectivity index (χ1v) is 8.37. The number of halogens is 3. The van der Waals surface area contributed by atoms with Crippen LogP contribution in [0.15, 0.2) is 24.7 Å². The van der Waals surface area contributed by atoms with E-state index in [0.717, 1.165) is 24.4 Å². The molecule has 1 unspecified atom stereocenters. The summed E-state index contributed by atoms with van der Waals surface area (Å²) in [6, 6.07) is 3.24. The molecule has 0 bridgehead atoms. The SMILES string of the molecule is Cc1cc2nncn2nc1N1CCc2ncc(C(C)(O)C(F)(F)F)cc2C1. The summed E-state index contributed by atoms with van der Waals surface area (Å²) in [6.07, 6.45) is -1.61. The Bertz CT molecular complexity index is 1010. The van der Waals surface area contributed by atoms with Crippen LogP contribution in [-0.2, 0) is 18.6 Å². The second-order valence-electron chi connectivity index (χ2n) is 6.86. The lowest BCUT2D eigenvalue weighted by atomic mass is 9.93. The van der Waals surface area contributed by atoms with E-state index in [1.165, 1.54) is 12.4 Å². The fourth-order valence-electron chi connectivity index (χ4n) is 3.20. The zero-order valence-corrected chi connectivity index (χ0v) is 14.7. The lowest BCUT2D eigenvalue weighted by Gasteiger charge is -2.32. The minimum Gasteiger partial charge on any atom is -0.376 e. The number of pyridine rings is 1. The van der Waals surface area contributed by atoms with Crippen molar-refractivity contribution in [1.82, 2.24) is 24.8 Å². The quantitative estimate of drug-likeness (QED) is 0.736. The molecule has 0 radical (unpaired) electrons. The normalized spacial score (nSPS) is 17.0. The molecule has 0 saturated carbocycles. The highest BCUT2D eigenvalue weighted by Crippen LogP contribution is 2.39. The number of aromatic nitrogens is 5. The van der Waals surface area contributed by atoms with Crippen molar-refractivity contribution in [2.45, 2.75) is 38.6 Å². The molecule has 0 saturated heterocycles. The Morgan fingerprint density at radius 2 is 2.00 bits per heavy atom. The van der Waals surface area contributed by atoms with Crippen molar-refractivity contribution in [2.24, 2.45) is 0 Å². The second-order valence-corrected chi connectivity index (χ2v) is 6.86. The van der Waals surface area contributed by atoms with Gasteiger partial charge in [0, 0.05) is 37.0 Å². The fraction of sp³-hybridized carbons (Fsp3) is 0.412. The third-order valence-electron chi connectivity index (χ3n) is 4.91. The van der Waals surface area contributed by atoms with Crippen LogP contribution in [0.1, 0.15) is 29.3 Å². The number of nitrogens with zero attached hydrogens (tertiary/aromatic N) is 6.